The molecule has 0 bridgehead atoms. The molecule has 2 aromatic heterocycles. The zero-order valence-electron chi connectivity index (χ0n) is 10.6. The molecule has 0 radical (unpaired) electrons. The minimum Gasteiger partial charge on any atom is -0.396 e. The Balaban J connectivity index is 2.08. The summed E-state index contributed by atoms with van der Waals surface area (Å²) in [6.07, 6.45) is 1.72. The topological polar surface area (TPSA) is 43.8 Å². The molecule has 0 unspecified atom stereocenters. The number of nitrogen functional groups attached to an aromatic ring is 1. The van der Waals surface area contributed by atoms with Gasteiger partial charge in [-0.25, -0.2) is 9.07 Å². The van der Waals surface area contributed by atoms with Crippen LogP contribution in [0.1, 0.15) is 5.56 Å². The number of nitrogens with zero attached hydrogens (tertiary/aromatic N) is 2. The molecular weight excluding hydrogens is 297 g/mol. The Bertz CT molecular complexity index is 779. The number of benzene rings is 1. The normalized spacial score (nSPS) is 10.9. The van der Waals surface area contributed by atoms with Crippen molar-refractivity contribution in [2.45, 2.75) is 6.92 Å². The molecule has 1 aromatic carbocycles. The largest absolute Gasteiger partial charge is 0.396 e. The third-order valence-electron chi connectivity index (χ3n) is 2.99. The first-order chi connectivity index (χ1) is 9.54. The van der Waals surface area contributed by atoms with E-state index < -0.39 is 0 Å². The van der Waals surface area contributed by atoms with Gasteiger partial charge in [-0.1, -0.05) is 11.6 Å². The third-order valence-corrected chi connectivity index (χ3v) is 4.08. The second kappa shape index (κ2) is 4.92. The summed E-state index contributed by atoms with van der Waals surface area (Å²) in [6.45, 7) is 1.83. The summed E-state index contributed by atoms with van der Waals surface area (Å²) in [5.41, 5.74) is 9.72. The predicted octanol–water partition coefficient (Wildman–Crippen LogP) is 4.28. The van der Waals surface area contributed by atoms with Crippen LogP contribution < -0.4 is 5.73 Å². The summed E-state index contributed by atoms with van der Waals surface area (Å²) in [5, 5.41) is 6.38. The van der Waals surface area contributed by atoms with Gasteiger partial charge in [0.15, 0.2) is 0 Å². The highest BCUT2D eigenvalue weighted by atomic mass is 35.5. The Kier molecular flexibility index (Phi) is 3.23. The second-order valence-corrected chi connectivity index (χ2v) is 5.99. The van der Waals surface area contributed by atoms with Crippen molar-refractivity contribution in [3.63, 3.8) is 0 Å². The minimum absolute atomic E-state index is 0.267. The number of rotatable bonds is 2. The summed E-state index contributed by atoms with van der Waals surface area (Å²) >= 11 is 7.36. The van der Waals surface area contributed by atoms with Crippen molar-refractivity contribution in [2.24, 2.45) is 0 Å². The standard InChI is InChI=1S/C14H11ClFN3S/c1-8-4-10(16)2-3-12(8)19-6-11(17)14(18-19)9-5-13(15)20-7-9/h2-7H,17H2,1H3. The molecule has 3 aromatic rings. The van der Waals surface area contributed by atoms with E-state index >= 15 is 0 Å². The zero-order chi connectivity index (χ0) is 14.3. The molecule has 20 heavy (non-hydrogen) atoms. The molecule has 102 valence electrons. The maximum atomic E-state index is 13.1. The summed E-state index contributed by atoms with van der Waals surface area (Å²) in [5.74, 6) is -0.267. The molecule has 0 aliphatic heterocycles. The Hall–Kier alpha value is -1.85. The number of hydrogen-bond donors (Lipinski definition) is 1. The Morgan fingerprint density at radius 1 is 1.35 bits per heavy atom. The van der Waals surface area contributed by atoms with Crippen LogP contribution in [0, 0.1) is 12.7 Å². The van der Waals surface area contributed by atoms with E-state index in [2.05, 4.69) is 5.10 Å². The molecule has 0 atom stereocenters. The number of nitrogens with two attached hydrogens (primary N) is 1. The van der Waals surface area contributed by atoms with Crippen molar-refractivity contribution in [1.82, 2.24) is 9.78 Å². The van der Waals surface area contributed by atoms with Crippen LogP contribution in [-0.2, 0) is 0 Å². The molecule has 0 saturated carbocycles. The fourth-order valence-corrected chi connectivity index (χ4v) is 2.91. The number of hydrogen-bond acceptors (Lipinski definition) is 3. The lowest BCUT2D eigenvalue weighted by molar-refractivity contribution is 0.625. The first kappa shape index (κ1) is 13.1. The third kappa shape index (κ3) is 2.30. The summed E-state index contributed by atoms with van der Waals surface area (Å²) in [4.78, 5) is 0. The van der Waals surface area contributed by atoms with E-state index in [9.17, 15) is 4.39 Å². The summed E-state index contributed by atoms with van der Waals surface area (Å²) < 4.78 is 15.5. The fraction of sp³-hybridized carbons (Fsp3) is 0.0714. The van der Waals surface area contributed by atoms with Gasteiger partial charge in [-0.2, -0.15) is 5.10 Å². The van der Waals surface area contributed by atoms with Crippen LogP contribution in [0.4, 0.5) is 10.1 Å². The van der Waals surface area contributed by atoms with E-state index in [1.54, 1.807) is 16.9 Å². The predicted molar refractivity (Wildman–Crippen MR) is 81.0 cm³/mol. The Morgan fingerprint density at radius 3 is 2.80 bits per heavy atom. The van der Waals surface area contributed by atoms with E-state index in [0.717, 1.165) is 16.8 Å². The zero-order valence-corrected chi connectivity index (χ0v) is 12.2. The van der Waals surface area contributed by atoms with Gasteiger partial charge in [0, 0.05) is 10.9 Å². The van der Waals surface area contributed by atoms with Crippen LogP contribution in [-0.4, -0.2) is 9.78 Å². The van der Waals surface area contributed by atoms with Gasteiger partial charge in [0.2, 0.25) is 0 Å². The highest BCUT2D eigenvalue weighted by molar-refractivity contribution is 7.14. The number of aryl methyl sites for hydroxylation is 1. The molecule has 6 heteroatoms. The van der Waals surface area contributed by atoms with Crippen LogP contribution >= 0.6 is 22.9 Å². The lowest BCUT2D eigenvalue weighted by Gasteiger charge is -2.05. The average Bonchev–Trinajstić information content (AvgIpc) is 2.95. The Labute approximate surface area is 124 Å². The van der Waals surface area contributed by atoms with Gasteiger partial charge in [0.25, 0.3) is 0 Å². The average molecular weight is 308 g/mol. The molecule has 0 aliphatic carbocycles. The van der Waals surface area contributed by atoms with Gasteiger partial charge >= 0.3 is 0 Å². The minimum atomic E-state index is -0.267. The maximum Gasteiger partial charge on any atom is 0.123 e. The van der Waals surface area contributed by atoms with Crippen LogP contribution in [0.2, 0.25) is 4.34 Å². The highest BCUT2D eigenvalue weighted by Gasteiger charge is 2.12. The van der Waals surface area contributed by atoms with Gasteiger partial charge < -0.3 is 5.73 Å². The van der Waals surface area contributed by atoms with Crippen molar-refractivity contribution in [3.05, 3.63) is 51.6 Å². The number of anilines is 1. The van der Waals surface area contributed by atoms with Crippen molar-refractivity contribution >= 4 is 28.6 Å². The molecule has 0 spiro atoms. The number of aromatic nitrogens is 2. The van der Waals surface area contributed by atoms with Crippen molar-refractivity contribution in [3.8, 4) is 16.9 Å². The van der Waals surface area contributed by atoms with E-state index in [1.165, 1.54) is 23.5 Å². The van der Waals surface area contributed by atoms with Gasteiger partial charge in [0.1, 0.15) is 11.5 Å². The Morgan fingerprint density at radius 2 is 2.15 bits per heavy atom. The number of halogens is 2. The molecule has 0 aliphatic rings. The summed E-state index contributed by atoms with van der Waals surface area (Å²) in [7, 11) is 0. The van der Waals surface area contributed by atoms with Crippen molar-refractivity contribution < 1.29 is 4.39 Å². The highest BCUT2D eigenvalue weighted by Crippen LogP contribution is 2.32. The fourth-order valence-electron chi connectivity index (χ4n) is 2.05. The monoisotopic (exact) mass is 307 g/mol. The van der Waals surface area contributed by atoms with E-state index in [0.29, 0.717) is 15.7 Å². The van der Waals surface area contributed by atoms with Crippen molar-refractivity contribution in [1.29, 1.82) is 0 Å². The second-order valence-electron chi connectivity index (χ2n) is 4.45. The van der Waals surface area contributed by atoms with E-state index in [-0.39, 0.29) is 5.82 Å². The van der Waals surface area contributed by atoms with Gasteiger partial charge in [-0.3, -0.25) is 0 Å². The number of thiophene rings is 1. The lowest BCUT2D eigenvalue weighted by atomic mass is 10.2. The maximum absolute atomic E-state index is 13.1. The molecule has 0 amide bonds. The SMILES string of the molecule is Cc1cc(F)ccc1-n1cc(N)c(-c2csc(Cl)c2)n1. The molecule has 2 N–H and O–H groups in total. The quantitative estimate of drug-likeness (QED) is 0.767. The molecule has 2 heterocycles. The molecule has 3 nitrogen and oxygen atoms in total. The van der Waals surface area contributed by atoms with E-state index in [4.69, 9.17) is 17.3 Å². The lowest BCUT2D eigenvalue weighted by Crippen LogP contribution is -1.98. The molecule has 3 rings (SSSR count). The molecular formula is C14H11ClFN3S. The van der Waals surface area contributed by atoms with Crippen LogP contribution in [0.3, 0.4) is 0 Å². The van der Waals surface area contributed by atoms with Crippen LogP contribution in [0.25, 0.3) is 16.9 Å². The van der Waals surface area contributed by atoms with Gasteiger partial charge in [0.05, 0.1) is 21.9 Å². The molecule has 0 fully saturated rings. The molecule has 0 saturated heterocycles. The van der Waals surface area contributed by atoms with Crippen LogP contribution in [0.5, 0.6) is 0 Å². The smallest absolute Gasteiger partial charge is 0.123 e. The van der Waals surface area contributed by atoms with Gasteiger partial charge in [-0.05, 0) is 36.8 Å². The summed E-state index contributed by atoms with van der Waals surface area (Å²) in [6, 6.07) is 6.38. The first-order valence-electron chi connectivity index (χ1n) is 5.90. The van der Waals surface area contributed by atoms with E-state index in [1.807, 2.05) is 18.4 Å². The van der Waals surface area contributed by atoms with Crippen molar-refractivity contribution in [2.75, 3.05) is 5.73 Å². The first-order valence-corrected chi connectivity index (χ1v) is 7.16. The van der Waals surface area contributed by atoms with Gasteiger partial charge in [-0.15, -0.1) is 11.3 Å². The van der Waals surface area contributed by atoms with Crippen LogP contribution in [0.15, 0.2) is 35.8 Å².